The van der Waals surface area contributed by atoms with E-state index in [0.717, 1.165) is 17.9 Å². The zero-order chi connectivity index (χ0) is 10.9. The van der Waals surface area contributed by atoms with Crippen LogP contribution in [-0.4, -0.2) is 40.8 Å². The van der Waals surface area contributed by atoms with Gasteiger partial charge in [0.2, 0.25) is 12.2 Å². The molecule has 82 valence electrons. The van der Waals surface area contributed by atoms with Crippen LogP contribution in [0.4, 0.5) is 0 Å². The molecule has 0 aromatic carbocycles. The maximum absolute atomic E-state index is 9.91. The number of aliphatic imine (C=N–C) groups is 2. The number of nitrogens with zero attached hydrogens (tertiary/aromatic N) is 2. The van der Waals surface area contributed by atoms with E-state index in [9.17, 15) is 9.59 Å². The summed E-state index contributed by atoms with van der Waals surface area (Å²) in [5.41, 5.74) is 0. The molecule has 0 amide bonds. The van der Waals surface area contributed by atoms with Gasteiger partial charge in [-0.2, -0.15) is 0 Å². The predicted molar refractivity (Wildman–Crippen MR) is 62.8 cm³/mol. The normalized spacial score (nSPS) is 24.3. The van der Waals surface area contributed by atoms with Gasteiger partial charge in [0.15, 0.2) is 0 Å². The molecule has 4 nitrogen and oxygen atoms in total. The summed E-state index contributed by atoms with van der Waals surface area (Å²) in [4.78, 5) is 26.9. The molecule has 0 radical (unpaired) electrons. The van der Waals surface area contributed by atoms with Crippen LogP contribution in [0.5, 0.6) is 0 Å². The van der Waals surface area contributed by atoms with Gasteiger partial charge in [0.05, 0.1) is 13.1 Å². The zero-order valence-corrected chi connectivity index (χ0v) is 9.85. The van der Waals surface area contributed by atoms with Gasteiger partial charge >= 0.3 is 0 Å². The number of hydrogen-bond acceptors (Lipinski definition) is 6. The minimum absolute atomic E-state index is 0.522. The highest BCUT2D eigenvalue weighted by Crippen LogP contribution is 2.40. The number of hydrogen-bond donors (Lipinski definition) is 0. The van der Waals surface area contributed by atoms with Crippen LogP contribution in [0, 0.1) is 0 Å². The topological polar surface area (TPSA) is 58.9 Å². The SMILES string of the molecule is O=C=NCCC1SCSC1CCN=C=O. The minimum atomic E-state index is 0.522. The van der Waals surface area contributed by atoms with Crippen LogP contribution >= 0.6 is 23.5 Å². The highest BCUT2D eigenvalue weighted by molar-refractivity contribution is 8.19. The molecule has 6 heteroatoms. The lowest BCUT2D eigenvalue weighted by Gasteiger charge is -2.14. The van der Waals surface area contributed by atoms with E-state index in [2.05, 4.69) is 9.98 Å². The third-order valence-corrected chi connectivity index (χ3v) is 5.40. The molecule has 1 heterocycles. The van der Waals surface area contributed by atoms with Crippen LogP contribution in [-0.2, 0) is 9.59 Å². The van der Waals surface area contributed by atoms with Gasteiger partial charge in [-0.25, -0.2) is 19.6 Å². The van der Waals surface area contributed by atoms with Gasteiger partial charge in [0.25, 0.3) is 0 Å². The van der Waals surface area contributed by atoms with Crippen LogP contribution in [0.2, 0.25) is 0 Å². The third-order valence-electron chi connectivity index (χ3n) is 2.16. The summed E-state index contributed by atoms with van der Waals surface area (Å²) in [5, 5.41) is 2.12. The first kappa shape index (κ1) is 12.5. The Kier molecular flexibility index (Phi) is 6.44. The number of carbonyl (C=O) groups excluding carboxylic acids is 2. The van der Waals surface area contributed by atoms with Crippen LogP contribution in [0.3, 0.4) is 0 Å². The first-order valence-electron chi connectivity index (χ1n) is 4.69. The van der Waals surface area contributed by atoms with Crippen molar-refractivity contribution < 1.29 is 9.59 Å². The van der Waals surface area contributed by atoms with Crippen molar-refractivity contribution >= 4 is 35.7 Å². The molecule has 1 saturated heterocycles. The van der Waals surface area contributed by atoms with Gasteiger partial charge in [-0.1, -0.05) is 0 Å². The Bertz CT molecular complexity index is 258. The fourth-order valence-corrected chi connectivity index (χ4v) is 4.87. The summed E-state index contributed by atoms with van der Waals surface area (Å²) in [6, 6.07) is 0. The average molecular weight is 244 g/mol. The van der Waals surface area contributed by atoms with Crippen LogP contribution in [0.15, 0.2) is 9.98 Å². The Balaban J connectivity index is 2.28. The third kappa shape index (κ3) is 4.67. The molecule has 1 aliphatic heterocycles. The summed E-state index contributed by atoms with van der Waals surface area (Å²) < 4.78 is 0. The number of rotatable bonds is 6. The lowest BCUT2D eigenvalue weighted by atomic mass is 10.2. The second kappa shape index (κ2) is 7.71. The van der Waals surface area contributed by atoms with Crippen molar-refractivity contribution in [1.29, 1.82) is 0 Å². The van der Waals surface area contributed by atoms with Crippen LogP contribution in [0.1, 0.15) is 12.8 Å². The van der Waals surface area contributed by atoms with Crippen LogP contribution in [0.25, 0.3) is 0 Å². The minimum Gasteiger partial charge on any atom is -0.211 e. The van der Waals surface area contributed by atoms with E-state index in [1.54, 1.807) is 12.2 Å². The molecule has 0 N–H and O–H groups in total. The second-order valence-electron chi connectivity index (χ2n) is 3.05. The number of thioether (sulfide) groups is 2. The van der Waals surface area contributed by atoms with Gasteiger partial charge < -0.3 is 0 Å². The molecule has 0 aromatic rings. The smallest absolute Gasteiger partial charge is 0.211 e. The Hall–Kier alpha value is -0.540. The maximum Gasteiger partial charge on any atom is 0.234 e. The lowest BCUT2D eigenvalue weighted by Crippen LogP contribution is -2.17. The van der Waals surface area contributed by atoms with Crippen molar-refractivity contribution in [3.8, 4) is 0 Å². The maximum atomic E-state index is 9.91. The Morgan fingerprint density at radius 1 is 1.00 bits per heavy atom. The first-order chi connectivity index (χ1) is 7.38. The average Bonchev–Trinajstić information content (AvgIpc) is 2.67. The molecule has 2 atom stereocenters. The summed E-state index contributed by atoms with van der Waals surface area (Å²) in [7, 11) is 0. The molecule has 2 unspecified atom stereocenters. The fourth-order valence-electron chi connectivity index (χ4n) is 1.44. The van der Waals surface area contributed by atoms with E-state index in [4.69, 9.17) is 0 Å². The van der Waals surface area contributed by atoms with E-state index in [1.165, 1.54) is 0 Å². The predicted octanol–water partition coefficient (Wildman–Crippen LogP) is 1.61. The summed E-state index contributed by atoms with van der Waals surface area (Å²) >= 11 is 3.78. The Morgan fingerprint density at radius 3 is 1.87 bits per heavy atom. The van der Waals surface area contributed by atoms with Crippen molar-refractivity contribution in [2.45, 2.75) is 23.3 Å². The zero-order valence-electron chi connectivity index (χ0n) is 8.22. The van der Waals surface area contributed by atoms with E-state index >= 15 is 0 Å². The first-order valence-corrected chi connectivity index (χ1v) is 6.78. The second-order valence-corrected chi connectivity index (χ2v) is 5.87. The van der Waals surface area contributed by atoms with Crippen LogP contribution < -0.4 is 0 Å². The van der Waals surface area contributed by atoms with E-state index in [1.807, 2.05) is 23.5 Å². The highest BCUT2D eigenvalue weighted by Gasteiger charge is 2.27. The van der Waals surface area contributed by atoms with E-state index in [-0.39, 0.29) is 0 Å². The van der Waals surface area contributed by atoms with E-state index in [0.29, 0.717) is 23.6 Å². The van der Waals surface area contributed by atoms with Crippen molar-refractivity contribution in [3.05, 3.63) is 0 Å². The monoisotopic (exact) mass is 244 g/mol. The molecule has 1 aliphatic rings. The molecular formula is C9H12N2O2S2. The quantitative estimate of drug-likeness (QED) is 0.526. The standard InChI is InChI=1S/C9H12N2O2S2/c12-5-10-3-1-8-9(15-7-14-8)2-4-11-6-13/h8-9H,1-4,7H2. The van der Waals surface area contributed by atoms with Gasteiger partial charge in [-0.3, -0.25) is 0 Å². The Labute approximate surface area is 97.0 Å². The lowest BCUT2D eigenvalue weighted by molar-refractivity contribution is 0.559. The molecular weight excluding hydrogens is 232 g/mol. The fraction of sp³-hybridized carbons (Fsp3) is 0.778. The molecule has 0 aromatic heterocycles. The van der Waals surface area contributed by atoms with Crippen molar-refractivity contribution in [2.24, 2.45) is 9.98 Å². The molecule has 0 bridgehead atoms. The summed E-state index contributed by atoms with van der Waals surface area (Å²) in [6.07, 6.45) is 4.91. The van der Waals surface area contributed by atoms with Gasteiger partial charge in [0, 0.05) is 15.6 Å². The molecule has 0 spiro atoms. The van der Waals surface area contributed by atoms with Crippen molar-refractivity contribution in [2.75, 3.05) is 18.2 Å². The van der Waals surface area contributed by atoms with Crippen molar-refractivity contribution in [3.63, 3.8) is 0 Å². The van der Waals surface area contributed by atoms with Crippen molar-refractivity contribution in [1.82, 2.24) is 0 Å². The molecule has 1 rings (SSSR count). The summed E-state index contributed by atoms with van der Waals surface area (Å²) in [5.74, 6) is 0. The highest BCUT2D eigenvalue weighted by atomic mass is 32.2. The molecule has 1 fully saturated rings. The van der Waals surface area contributed by atoms with Gasteiger partial charge in [0.1, 0.15) is 0 Å². The van der Waals surface area contributed by atoms with E-state index < -0.39 is 0 Å². The van der Waals surface area contributed by atoms with Gasteiger partial charge in [-0.15, -0.1) is 23.5 Å². The van der Waals surface area contributed by atoms with Gasteiger partial charge in [-0.05, 0) is 12.8 Å². The summed E-state index contributed by atoms with van der Waals surface area (Å²) in [6.45, 7) is 1.10. The molecule has 0 aliphatic carbocycles. The number of isocyanates is 2. The molecule has 0 saturated carbocycles. The Morgan fingerprint density at radius 2 is 1.47 bits per heavy atom. The molecule has 15 heavy (non-hydrogen) atoms. The largest absolute Gasteiger partial charge is 0.234 e.